The Morgan fingerprint density at radius 1 is 1.08 bits per heavy atom. The highest BCUT2D eigenvalue weighted by molar-refractivity contribution is 7.14. The number of aromatic nitrogens is 1. The summed E-state index contributed by atoms with van der Waals surface area (Å²) in [5.74, 6) is -0.776. The minimum absolute atomic E-state index is 0.199. The molecular weight excluding hydrogens is 342 g/mol. The van der Waals surface area contributed by atoms with Gasteiger partial charge in [-0.2, -0.15) is 0 Å². The average Bonchev–Trinajstić information content (AvgIpc) is 3.22. The Kier molecular flexibility index (Phi) is 4.87. The molecule has 3 aromatic rings. The third-order valence-corrected chi connectivity index (χ3v) is 5.29. The second-order valence-corrected chi connectivity index (χ2v) is 7.46. The van der Waals surface area contributed by atoms with E-state index in [-0.39, 0.29) is 18.1 Å². The van der Waals surface area contributed by atoms with Crippen molar-refractivity contribution < 1.29 is 14.3 Å². The van der Waals surface area contributed by atoms with Crippen molar-refractivity contribution in [2.45, 2.75) is 13.8 Å². The summed E-state index contributed by atoms with van der Waals surface area (Å²) in [5.41, 5.74) is 2.35. The molecule has 0 aliphatic rings. The molecule has 0 fully saturated rings. The molecule has 2 aromatic heterocycles. The Hall–Kier alpha value is -2.31. The zero-order valence-corrected chi connectivity index (χ0v) is 14.9. The molecule has 4 nitrogen and oxygen atoms in total. The second-order valence-electron chi connectivity index (χ2n) is 5.31. The summed E-state index contributed by atoms with van der Waals surface area (Å²) >= 11 is 2.77. The Morgan fingerprint density at radius 2 is 1.83 bits per heavy atom. The molecule has 3 rings (SSSR count). The first-order chi connectivity index (χ1) is 11.5. The van der Waals surface area contributed by atoms with Crippen LogP contribution in [0.15, 0.2) is 41.8 Å². The summed E-state index contributed by atoms with van der Waals surface area (Å²) in [6.07, 6.45) is 0. The van der Waals surface area contributed by atoms with E-state index in [9.17, 15) is 9.59 Å². The predicted molar refractivity (Wildman–Crippen MR) is 96.0 cm³/mol. The number of aryl methyl sites for hydroxylation is 2. The van der Waals surface area contributed by atoms with Gasteiger partial charge in [0.15, 0.2) is 12.3 Å². The topological polar surface area (TPSA) is 56.3 Å². The first-order valence-corrected chi connectivity index (χ1v) is 9.02. The molecule has 0 radical (unpaired) electrons. The van der Waals surface area contributed by atoms with E-state index < -0.39 is 5.97 Å². The monoisotopic (exact) mass is 357 g/mol. The molecule has 0 unspecified atom stereocenters. The SMILES string of the molecule is Cc1ccc(-c2nc(C(=O)OCC(=O)c3ccc(C)s3)cs2)cc1. The van der Waals surface area contributed by atoms with E-state index in [2.05, 4.69) is 4.98 Å². The molecule has 0 atom stereocenters. The van der Waals surface area contributed by atoms with Crippen LogP contribution >= 0.6 is 22.7 Å². The van der Waals surface area contributed by atoms with Crippen molar-refractivity contribution in [3.63, 3.8) is 0 Å². The van der Waals surface area contributed by atoms with E-state index >= 15 is 0 Å². The molecule has 122 valence electrons. The Balaban J connectivity index is 1.63. The van der Waals surface area contributed by atoms with Gasteiger partial charge in [-0.05, 0) is 26.0 Å². The molecule has 24 heavy (non-hydrogen) atoms. The van der Waals surface area contributed by atoms with E-state index in [0.717, 1.165) is 21.0 Å². The van der Waals surface area contributed by atoms with Crippen molar-refractivity contribution in [1.29, 1.82) is 0 Å². The van der Waals surface area contributed by atoms with Crippen LogP contribution in [-0.2, 0) is 4.74 Å². The van der Waals surface area contributed by atoms with Crippen LogP contribution < -0.4 is 0 Å². The van der Waals surface area contributed by atoms with E-state index in [0.29, 0.717) is 4.88 Å². The number of nitrogens with zero attached hydrogens (tertiary/aromatic N) is 1. The van der Waals surface area contributed by atoms with Crippen molar-refractivity contribution in [2.24, 2.45) is 0 Å². The molecule has 0 aliphatic heterocycles. The highest BCUT2D eigenvalue weighted by Crippen LogP contribution is 2.24. The number of esters is 1. The molecule has 1 aromatic carbocycles. The lowest BCUT2D eigenvalue weighted by Crippen LogP contribution is -2.13. The average molecular weight is 357 g/mol. The summed E-state index contributed by atoms with van der Waals surface area (Å²) in [5, 5.41) is 2.40. The number of Topliss-reactive ketones (excluding diaryl/α,β-unsaturated/α-hetero) is 1. The molecule has 0 aliphatic carbocycles. The van der Waals surface area contributed by atoms with Gasteiger partial charge >= 0.3 is 5.97 Å². The molecule has 0 N–H and O–H groups in total. The lowest BCUT2D eigenvalue weighted by atomic mass is 10.2. The Labute approximate surface area is 147 Å². The van der Waals surface area contributed by atoms with Gasteiger partial charge in [0.05, 0.1) is 4.88 Å². The van der Waals surface area contributed by atoms with Crippen LogP contribution in [0.25, 0.3) is 10.6 Å². The normalized spacial score (nSPS) is 10.6. The minimum Gasteiger partial charge on any atom is -0.453 e. The lowest BCUT2D eigenvalue weighted by molar-refractivity contribution is 0.0471. The standard InChI is InChI=1S/C18H15NO3S2/c1-11-3-6-13(7-4-11)17-19-14(10-23-17)18(21)22-9-15(20)16-8-5-12(2)24-16/h3-8,10H,9H2,1-2H3. The number of carbonyl (C=O) groups excluding carboxylic acids is 2. The van der Waals surface area contributed by atoms with Crippen LogP contribution in [0.3, 0.4) is 0 Å². The third-order valence-electron chi connectivity index (χ3n) is 3.36. The number of benzene rings is 1. The fourth-order valence-electron chi connectivity index (χ4n) is 2.06. The molecule has 6 heteroatoms. The number of hydrogen-bond acceptors (Lipinski definition) is 6. The summed E-state index contributed by atoms with van der Waals surface area (Å²) < 4.78 is 5.08. The molecule has 0 saturated heterocycles. The fourth-order valence-corrected chi connectivity index (χ4v) is 3.64. The van der Waals surface area contributed by atoms with E-state index in [1.54, 1.807) is 11.4 Å². The summed E-state index contributed by atoms with van der Waals surface area (Å²) in [6, 6.07) is 11.5. The van der Waals surface area contributed by atoms with Crippen LogP contribution in [0.2, 0.25) is 0 Å². The Morgan fingerprint density at radius 3 is 2.50 bits per heavy atom. The van der Waals surface area contributed by atoms with Crippen molar-refractivity contribution in [1.82, 2.24) is 4.98 Å². The van der Waals surface area contributed by atoms with Gasteiger partial charge in [0.1, 0.15) is 5.01 Å². The maximum Gasteiger partial charge on any atom is 0.358 e. The molecular formula is C18H15NO3S2. The number of rotatable bonds is 5. The Bertz CT molecular complexity index is 878. The smallest absolute Gasteiger partial charge is 0.358 e. The van der Waals surface area contributed by atoms with E-state index in [1.165, 1.54) is 22.7 Å². The van der Waals surface area contributed by atoms with Crippen molar-refractivity contribution >= 4 is 34.4 Å². The van der Waals surface area contributed by atoms with Gasteiger partial charge in [-0.25, -0.2) is 9.78 Å². The lowest BCUT2D eigenvalue weighted by Gasteiger charge is -2.01. The highest BCUT2D eigenvalue weighted by Gasteiger charge is 2.16. The highest BCUT2D eigenvalue weighted by atomic mass is 32.1. The number of ether oxygens (including phenoxy) is 1. The van der Waals surface area contributed by atoms with Crippen LogP contribution in [0, 0.1) is 13.8 Å². The van der Waals surface area contributed by atoms with Gasteiger partial charge in [-0.1, -0.05) is 29.8 Å². The number of carbonyl (C=O) groups is 2. The minimum atomic E-state index is -0.578. The van der Waals surface area contributed by atoms with Gasteiger partial charge in [-0.15, -0.1) is 22.7 Å². The first-order valence-electron chi connectivity index (χ1n) is 7.32. The van der Waals surface area contributed by atoms with E-state index in [4.69, 9.17) is 4.74 Å². The quantitative estimate of drug-likeness (QED) is 0.497. The number of hydrogen-bond donors (Lipinski definition) is 0. The predicted octanol–water partition coefficient (Wildman–Crippen LogP) is 4.53. The second kappa shape index (κ2) is 7.07. The maximum absolute atomic E-state index is 12.1. The van der Waals surface area contributed by atoms with Gasteiger partial charge in [0.2, 0.25) is 5.78 Å². The maximum atomic E-state index is 12.1. The van der Waals surface area contributed by atoms with Crippen molar-refractivity contribution in [3.8, 4) is 10.6 Å². The van der Waals surface area contributed by atoms with Crippen LogP contribution in [0.5, 0.6) is 0 Å². The summed E-state index contributed by atoms with van der Waals surface area (Å²) in [6.45, 7) is 3.67. The summed E-state index contributed by atoms with van der Waals surface area (Å²) in [7, 11) is 0. The largest absolute Gasteiger partial charge is 0.453 e. The summed E-state index contributed by atoms with van der Waals surface area (Å²) in [4.78, 5) is 30.0. The number of ketones is 1. The van der Waals surface area contributed by atoms with Crippen LogP contribution in [0.4, 0.5) is 0 Å². The first kappa shape index (κ1) is 16.5. The van der Waals surface area contributed by atoms with Crippen LogP contribution in [-0.4, -0.2) is 23.3 Å². The zero-order chi connectivity index (χ0) is 17.1. The third kappa shape index (κ3) is 3.77. The number of thiophene rings is 1. The van der Waals surface area contributed by atoms with Gasteiger partial charge < -0.3 is 4.74 Å². The number of thiazole rings is 1. The van der Waals surface area contributed by atoms with Crippen molar-refractivity contribution in [3.05, 3.63) is 62.8 Å². The van der Waals surface area contributed by atoms with Crippen molar-refractivity contribution in [2.75, 3.05) is 6.61 Å². The molecule has 2 heterocycles. The van der Waals surface area contributed by atoms with Crippen LogP contribution in [0.1, 0.15) is 30.6 Å². The van der Waals surface area contributed by atoms with E-state index in [1.807, 2.05) is 44.2 Å². The van der Waals surface area contributed by atoms with Gasteiger partial charge in [0.25, 0.3) is 0 Å². The van der Waals surface area contributed by atoms with Gasteiger partial charge in [-0.3, -0.25) is 4.79 Å². The molecule has 0 amide bonds. The van der Waals surface area contributed by atoms with Gasteiger partial charge in [0, 0.05) is 15.8 Å². The molecule has 0 saturated carbocycles. The zero-order valence-electron chi connectivity index (χ0n) is 13.2. The molecule has 0 bridgehead atoms. The fraction of sp³-hybridized carbons (Fsp3) is 0.167. The molecule has 0 spiro atoms.